The fraction of sp³-hybridized carbons (Fsp3) is 0.667. The van der Waals surface area contributed by atoms with Gasteiger partial charge in [0.05, 0.1) is 7.11 Å². The van der Waals surface area contributed by atoms with Gasteiger partial charge in [-0.25, -0.2) is 0 Å². The Labute approximate surface area is 123 Å². The van der Waals surface area contributed by atoms with Gasteiger partial charge in [0.25, 0.3) is 0 Å². The molecular formula is C18H29NO. The zero-order chi connectivity index (χ0) is 14.5. The molecule has 1 aliphatic rings. The van der Waals surface area contributed by atoms with Crippen LogP contribution >= 0.6 is 0 Å². The summed E-state index contributed by atoms with van der Waals surface area (Å²) in [5.41, 5.74) is 4.00. The summed E-state index contributed by atoms with van der Waals surface area (Å²) in [5.74, 6) is 1.96. The molecule has 1 atom stereocenters. The minimum Gasteiger partial charge on any atom is -0.496 e. The number of hydrogen-bond acceptors (Lipinski definition) is 2. The van der Waals surface area contributed by atoms with Crippen LogP contribution in [0.15, 0.2) is 12.1 Å². The molecule has 0 radical (unpaired) electrons. The molecule has 112 valence electrons. The van der Waals surface area contributed by atoms with Crippen LogP contribution in [0.5, 0.6) is 5.75 Å². The van der Waals surface area contributed by atoms with E-state index in [0.29, 0.717) is 6.04 Å². The van der Waals surface area contributed by atoms with Gasteiger partial charge in [-0.05, 0) is 62.4 Å². The maximum Gasteiger partial charge on any atom is 0.122 e. The first-order chi connectivity index (χ1) is 9.65. The molecule has 1 aliphatic carbocycles. The Hall–Kier alpha value is -1.02. The van der Waals surface area contributed by atoms with Crippen molar-refractivity contribution >= 4 is 0 Å². The number of methoxy groups -OCH3 is 1. The first-order valence-corrected chi connectivity index (χ1v) is 7.98. The molecule has 1 fully saturated rings. The second kappa shape index (κ2) is 7.12. The van der Waals surface area contributed by atoms with Gasteiger partial charge in [0, 0.05) is 6.04 Å². The molecule has 2 nitrogen and oxygen atoms in total. The van der Waals surface area contributed by atoms with Crippen molar-refractivity contribution < 1.29 is 4.74 Å². The molecule has 0 bridgehead atoms. The third-order valence-corrected chi connectivity index (χ3v) is 4.85. The third kappa shape index (κ3) is 3.54. The van der Waals surface area contributed by atoms with Crippen LogP contribution in [0.25, 0.3) is 0 Å². The van der Waals surface area contributed by atoms with Crippen LogP contribution in [-0.4, -0.2) is 14.2 Å². The standard InChI is InChI=1S/C18H29NO/c1-13-12-18(20-4)14(2)11-16(13)17(19-3)10-9-15-7-5-6-8-15/h11-12,15,17,19H,5-10H2,1-4H3. The minimum atomic E-state index is 0.472. The maximum absolute atomic E-state index is 5.42. The van der Waals surface area contributed by atoms with E-state index in [2.05, 4.69) is 38.3 Å². The molecule has 1 aromatic carbocycles. The van der Waals surface area contributed by atoms with Crippen molar-refractivity contribution in [2.24, 2.45) is 5.92 Å². The Kier molecular flexibility index (Phi) is 5.47. The van der Waals surface area contributed by atoms with E-state index < -0.39 is 0 Å². The van der Waals surface area contributed by atoms with Gasteiger partial charge in [-0.2, -0.15) is 0 Å². The SMILES string of the molecule is CNC(CCC1CCCC1)c1cc(C)c(OC)cc1C. The average molecular weight is 275 g/mol. The summed E-state index contributed by atoms with van der Waals surface area (Å²) >= 11 is 0. The zero-order valence-corrected chi connectivity index (χ0v) is 13.5. The van der Waals surface area contributed by atoms with Crippen molar-refractivity contribution in [2.45, 2.75) is 58.4 Å². The Balaban J connectivity index is 2.07. The lowest BCUT2D eigenvalue weighted by Gasteiger charge is -2.22. The monoisotopic (exact) mass is 275 g/mol. The molecule has 0 heterocycles. The second-order valence-corrected chi connectivity index (χ2v) is 6.25. The molecule has 1 N–H and O–H groups in total. The average Bonchev–Trinajstić information content (AvgIpc) is 2.96. The van der Waals surface area contributed by atoms with E-state index in [1.165, 1.54) is 55.2 Å². The summed E-state index contributed by atoms with van der Waals surface area (Å²) in [6.07, 6.45) is 8.36. The molecule has 0 aliphatic heterocycles. The van der Waals surface area contributed by atoms with Gasteiger partial charge in [0.1, 0.15) is 5.75 Å². The molecule has 0 spiro atoms. The molecule has 2 rings (SSSR count). The van der Waals surface area contributed by atoms with E-state index in [0.717, 1.165) is 11.7 Å². The van der Waals surface area contributed by atoms with Crippen LogP contribution in [0.4, 0.5) is 0 Å². The fourth-order valence-corrected chi connectivity index (χ4v) is 3.56. The van der Waals surface area contributed by atoms with E-state index in [1.807, 2.05) is 0 Å². The highest BCUT2D eigenvalue weighted by Gasteiger charge is 2.19. The number of aryl methyl sites for hydroxylation is 2. The van der Waals surface area contributed by atoms with Gasteiger partial charge in [-0.3, -0.25) is 0 Å². The summed E-state index contributed by atoms with van der Waals surface area (Å²) < 4.78 is 5.42. The number of benzene rings is 1. The van der Waals surface area contributed by atoms with Crippen molar-refractivity contribution in [3.63, 3.8) is 0 Å². The summed E-state index contributed by atoms with van der Waals surface area (Å²) in [6, 6.07) is 4.94. The lowest BCUT2D eigenvalue weighted by Crippen LogP contribution is -2.18. The van der Waals surface area contributed by atoms with Crippen LogP contribution in [0.1, 0.15) is 61.3 Å². The normalized spacial score (nSPS) is 17.4. The Morgan fingerprint density at radius 2 is 1.90 bits per heavy atom. The molecular weight excluding hydrogens is 246 g/mol. The Morgan fingerprint density at radius 3 is 2.50 bits per heavy atom. The smallest absolute Gasteiger partial charge is 0.122 e. The Morgan fingerprint density at radius 1 is 1.20 bits per heavy atom. The van der Waals surface area contributed by atoms with Gasteiger partial charge in [-0.15, -0.1) is 0 Å². The summed E-state index contributed by atoms with van der Waals surface area (Å²) in [5, 5.41) is 3.51. The van der Waals surface area contributed by atoms with Crippen molar-refractivity contribution in [3.8, 4) is 5.75 Å². The van der Waals surface area contributed by atoms with Gasteiger partial charge >= 0.3 is 0 Å². The molecule has 1 saturated carbocycles. The highest BCUT2D eigenvalue weighted by molar-refractivity contribution is 5.42. The van der Waals surface area contributed by atoms with E-state index in [4.69, 9.17) is 4.74 Å². The van der Waals surface area contributed by atoms with E-state index in [9.17, 15) is 0 Å². The molecule has 0 amide bonds. The van der Waals surface area contributed by atoms with E-state index >= 15 is 0 Å². The Bertz CT molecular complexity index is 435. The van der Waals surface area contributed by atoms with Crippen LogP contribution in [0.2, 0.25) is 0 Å². The highest BCUT2D eigenvalue weighted by Crippen LogP contribution is 2.33. The first-order valence-electron chi connectivity index (χ1n) is 7.98. The molecule has 2 heteroatoms. The zero-order valence-electron chi connectivity index (χ0n) is 13.5. The van der Waals surface area contributed by atoms with Gasteiger partial charge in [0.2, 0.25) is 0 Å². The van der Waals surface area contributed by atoms with Crippen molar-refractivity contribution in [3.05, 3.63) is 28.8 Å². The fourth-order valence-electron chi connectivity index (χ4n) is 3.56. The molecule has 20 heavy (non-hydrogen) atoms. The molecule has 1 aromatic rings. The lowest BCUT2D eigenvalue weighted by atomic mass is 9.91. The van der Waals surface area contributed by atoms with Gasteiger partial charge < -0.3 is 10.1 Å². The number of nitrogens with one attached hydrogen (secondary N) is 1. The van der Waals surface area contributed by atoms with E-state index in [-0.39, 0.29) is 0 Å². The quantitative estimate of drug-likeness (QED) is 0.822. The summed E-state index contributed by atoms with van der Waals surface area (Å²) in [7, 11) is 3.83. The maximum atomic E-state index is 5.42. The third-order valence-electron chi connectivity index (χ3n) is 4.85. The second-order valence-electron chi connectivity index (χ2n) is 6.25. The minimum absolute atomic E-state index is 0.472. The van der Waals surface area contributed by atoms with Gasteiger partial charge in [-0.1, -0.05) is 31.7 Å². The largest absolute Gasteiger partial charge is 0.496 e. The summed E-state index contributed by atoms with van der Waals surface area (Å²) in [4.78, 5) is 0. The first kappa shape index (κ1) is 15.4. The van der Waals surface area contributed by atoms with Crippen molar-refractivity contribution in [2.75, 3.05) is 14.2 Å². The van der Waals surface area contributed by atoms with Crippen LogP contribution < -0.4 is 10.1 Å². The van der Waals surface area contributed by atoms with Crippen molar-refractivity contribution in [1.82, 2.24) is 5.32 Å². The molecule has 1 unspecified atom stereocenters. The number of rotatable bonds is 6. The molecule has 0 saturated heterocycles. The van der Waals surface area contributed by atoms with Crippen LogP contribution in [0, 0.1) is 19.8 Å². The summed E-state index contributed by atoms with van der Waals surface area (Å²) in [6.45, 7) is 4.32. The van der Waals surface area contributed by atoms with E-state index in [1.54, 1.807) is 7.11 Å². The molecule has 0 aromatic heterocycles. The predicted octanol–water partition coefficient (Wildman–Crippen LogP) is 4.54. The van der Waals surface area contributed by atoms with Crippen LogP contribution in [0.3, 0.4) is 0 Å². The van der Waals surface area contributed by atoms with Gasteiger partial charge in [0.15, 0.2) is 0 Å². The predicted molar refractivity (Wildman–Crippen MR) is 85.5 cm³/mol. The topological polar surface area (TPSA) is 21.3 Å². The highest BCUT2D eigenvalue weighted by atomic mass is 16.5. The van der Waals surface area contributed by atoms with Crippen molar-refractivity contribution in [1.29, 1.82) is 0 Å². The number of hydrogen-bond donors (Lipinski definition) is 1. The number of ether oxygens (including phenoxy) is 1. The van der Waals surface area contributed by atoms with Crippen LogP contribution in [-0.2, 0) is 0 Å². The lowest BCUT2D eigenvalue weighted by molar-refractivity contribution is 0.408.